The van der Waals surface area contributed by atoms with Crippen molar-refractivity contribution in [2.75, 3.05) is 0 Å². The van der Waals surface area contributed by atoms with Crippen molar-refractivity contribution in [3.05, 3.63) is 218 Å². The second-order valence-corrected chi connectivity index (χ2v) is 18.0. The first-order valence-electron chi connectivity index (χ1n) is 20.0. The molecule has 0 aliphatic heterocycles. The molecule has 0 fully saturated rings. The third-order valence-corrected chi connectivity index (χ3v) is 15.1. The van der Waals surface area contributed by atoms with Gasteiger partial charge >= 0.3 is 0 Å². The molecule has 12 aromatic rings. The van der Waals surface area contributed by atoms with E-state index in [1.54, 1.807) is 0 Å². The van der Waals surface area contributed by atoms with Gasteiger partial charge in [-0.1, -0.05) is 109 Å². The van der Waals surface area contributed by atoms with Crippen molar-refractivity contribution in [2.24, 2.45) is 0 Å². The number of hydrogen-bond donors (Lipinski definition) is 0. The van der Waals surface area contributed by atoms with Crippen molar-refractivity contribution < 1.29 is 4.57 Å². The highest BCUT2D eigenvalue weighted by atomic mass is 31.2. The van der Waals surface area contributed by atoms with Gasteiger partial charge in [0.05, 0.1) is 33.1 Å². The van der Waals surface area contributed by atoms with Crippen LogP contribution in [0.3, 0.4) is 0 Å². The quantitative estimate of drug-likeness (QED) is 0.155. The molecule has 0 saturated heterocycles. The van der Waals surface area contributed by atoms with E-state index in [4.69, 9.17) is 0 Å². The number of nitrogens with zero attached hydrogens (tertiary/aromatic N) is 3. The maximum absolute atomic E-state index is 17.0. The summed E-state index contributed by atoms with van der Waals surface area (Å²) >= 11 is 0. The van der Waals surface area contributed by atoms with Gasteiger partial charge in [-0.15, -0.1) is 0 Å². The van der Waals surface area contributed by atoms with Crippen LogP contribution < -0.4 is 15.9 Å². The Balaban J connectivity index is 1.16. The lowest BCUT2D eigenvalue weighted by Gasteiger charge is -2.21. The molecule has 4 nitrogen and oxygen atoms in total. The van der Waals surface area contributed by atoms with Crippen molar-refractivity contribution in [1.82, 2.24) is 13.7 Å². The zero-order chi connectivity index (χ0) is 39.1. The number of benzene rings is 9. The molecule has 0 aliphatic carbocycles. The summed E-state index contributed by atoms with van der Waals surface area (Å²) in [4.78, 5) is 0. The van der Waals surface area contributed by atoms with Crippen LogP contribution in [0.25, 0.3) is 82.5 Å². The third-order valence-electron chi connectivity index (χ3n) is 12.1. The van der Waals surface area contributed by atoms with E-state index in [1.807, 2.05) is 18.2 Å². The van der Waals surface area contributed by atoms with Gasteiger partial charge in [-0.3, -0.25) is 0 Å². The van der Waals surface area contributed by atoms with Crippen molar-refractivity contribution in [3.8, 4) is 17.1 Å². The first-order valence-corrected chi connectivity index (χ1v) is 21.8. The average molecular weight is 774 g/mol. The number of para-hydroxylation sites is 6. The molecule has 5 heteroatoms. The first-order chi connectivity index (χ1) is 29.2. The van der Waals surface area contributed by atoms with Crippen molar-refractivity contribution in [3.63, 3.8) is 0 Å². The van der Waals surface area contributed by atoms with Crippen LogP contribution >= 0.6 is 7.14 Å². The van der Waals surface area contributed by atoms with Crippen LogP contribution in [0.15, 0.2) is 218 Å². The highest BCUT2D eigenvalue weighted by molar-refractivity contribution is 7.85. The molecule has 12 rings (SSSR count). The van der Waals surface area contributed by atoms with Crippen LogP contribution in [0.2, 0.25) is 0 Å². The number of rotatable bonds is 6. The molecule has 0 spiro atoms. The number of aromatic nitrogens is 3. The Morgan fingerprint density at radius 3 is 0.814 bits per heavy atom. The number of hydrogen-bond acceptors (Lipinski definition) is 1. The topological polar surface area (TPSA) is 31.9 Å². The second kappa shape index (κ2) is 13.1. The smallest absolute Gasteiger partial charge is 0.171 e. The fourth-order valence-corrected chi connectivity index (χ4v) is 12.2. The molecule has 0 unspecified atom stereocenters. The van der Waals surface area contributed by atoms with Gasteiger partial charge in [0.15, 0.2) is 7.14 Å². The van der Waals surface area contributed by atoms with E-state index in [2.05, 4.69) is 214 Å². The predicted molar refractivity (Wildman–Crippen MR) is 249 cm³/mol. The van der Waals surface area contributed by atoms with Gasteiger partial charge < -0.3 is 18.3 Å². The van der Waals surface area contributed by atoms with E-state index in [-0.39, 0.29) is 0 Å². The average Bonchev–Trinajstić information content (AvgIpc) is 3.94. The van der Waals surface area contributed by atoms with Gasteiger partial charge in [-0.05, 0) is 109 Å². The largest absolute Gasteiger partial charge is 0.309 e. The zero-order valence-electron chi connectivity index (χ0n) is 32.0. The molecule has 0 saturated carbocycles. The Kier molecular flexibility index (Phi) is 7.47. The molecule has 0 atom stereocenters. The molecule has 3 heterocycles. The molecule has 278 valence electrons. The number of fused-ring (bicyclic) bond motifs is 9. The van der Waals surface area contributed by atoms with Gasteiger partial charge in [0.1, 0.15) is 0 Å². The van der Waals surface area contributed by atoms with Crippen LogP contribution in [-0.2, 0) is 4.57 Å². The van der Waals surface area contributed by atoms with Crippen LogP contribution in [0.5, 0.6) is 0 Å². The molecule has 0 aliphatic rings. The molecule has 9 aromatic carbocycles. The van der Waals surface area contributed by atoms with E-state index < -0.39 is 7.14 Å². The highest BCUT2D eigenvalue weighted by Crippen LogP contribution is 2.47. The second-order valence-electron chi connectivity index (χ2n) is 15.3. The van der Waals surface area contributed by atoms with Gasteiger partial charge in [-0.25, -0.2) is 0 Å². The van der Waals surface area contributed by atoms with Crippen LogP contribution in [-0.4, -0.2) is 13.7 Å². The Morgan fingerprint density at radius 2 is 0.508 bits per heavy atom. The summed E-state index contributed by atoms with van der Waals surface area (Å²) in [7, 11) is -3.54. The Morgan fingerprint density at radius 1 is 0.254 bits per heavy atom. The fourth-order valence-electron chi connectivity index (χ4n) is 9.48. The van der Waals surface area contributed by atoms with E-state index in [0.717, 1.165) is 98.4 Å². The first kappa shape index (κ1) is 33.7. The molecule has 0 N–H and O–H groups in total. The van der Waals surface area contributed by atoms with Gasteiger partial charge in [-0.2, -0.15) is 0 Å². The molecule has 0 amide bonds. The summed E-state index contributed by atoms with van der Waals surface area (Å²) in [6.45, 7) is 0. The monoisotopic (exact) mass is 773 g/mol. The highest BCUT2D eigenvalue weighted by Gasteiger charge is 2.33. The molecule has 3 aromatic heterocycles. The van der Waals surface area contributed by atoms with Gasteiger partial charge in [0, 0.05) is 65.3 Å². The fraction of sp³-hybridized carbons (Fsp3) is 0. The van der Waals surface area contributed by atoms with E-state index >= 15 is 4.57 Å². The van der Waals surface area contributed by atoms with Crippen molar-refractivity contribution in [2.45, 2.75) is 0 Å². The summed E-state index contributed by atoms with van der Waals surface area (Å²) in [6, 6.07) is 76.6. The van der Waals surface area contributed by atoms with Crippen molar-refractivity contribution >= 4 is 88.5 Å². The minimum atomic E-state index is -3.54. The molecule has 59 heavy (non-hydrogen) atoms. The van der Waals surface area contributed by atoms with Gasteiger partial charge in [0.2, 0.25) is 0 Å². The van der Waals surface area contributed by atoms with Crippen molar-refractivity contribution in [1.29, 1.82) is 0 Å². The van der Waals surface area contributed by atoms with Gasteiger partial charge in [0.25, 0.3) is 0 Å². The maximum atomic E-state index is 17.0. The SMILES string of the molecule is O=P(c1ccc2c(c1)c1ccccc1n2-c1ccccc1)(c1ccc2c(c1)c1ccccc1n2-c1ccccc1)c1ccc2c(c1)c1ccccc1n2-c1ccccc1. The Hall–Kier alpha value is -7.39. The van der Waals surface area contributed by atoms with E-state index in [1.165, 1.54) is 0 Å². The summed E-state index contributed by atoms with van der Waals surface area (Å²) in [6.07, 6.45) is 0. The Labute approximate surface area is 340 Å². The summed E-state index contributed by atoms with van der Waals surface area (Å²) in [5, 5.41) is 9.02. The molecular weight excluding hydrogens is 738 g/mol. The minimum absolute atomic E-state index is 0.804. The molecule has 0 bridgehead atoms. The minimum Gasteiger partial charge on any atom is -0.309 e. The third kappa shape index (κ3) is 5.00. The zero-order valence-corrected chi connectivity index (χ0v) is 32.9. The lowest BCUT2D eigenvalue weighted by Crippen LogP contribution is -2.25. The normalized spacial score (nSPS) is 12.1. The molecule has 0 radical (unpaired) electrons. The summed E-state index contributed by atoms with van der Waals surface area (Å²) < 4.78 is 23.9. The summed E-state index contributed by atoms with van der Waals surface area (Å²) in [5.41, 5.74) is 9.87. The standard InChI is InChI=1S/C54H36N3OP/c58-59(40-28-31-52-46(34-40)43-22-10-13-25-49(43)55(52)37-16-4-1-5-17-37,41-29-32-53-47(35-41)44-23-11-14-26-50(44)56(53)38-18-6-2-7-19-38)42-30-33-54-48(36-42)45-24-12-15-27-51(45)57(54)39-20-8-3-9-21-39/h1-36H. The maximum Gasteiger partial charge on any atom is 0.171 e. The van der Waals surface area contributed by atoms with Crippen LogP contribution in [0.4, 0.5) is 0 Å². The summed E-state index contributed by atoms with van der Waals surface area (Å²) in [5.74, 6) is 0. The lowest BCUT2D eigenvalue weighted by atomic mass is 10.1. The molecular formula is C54H36N3OP. The lowest BCUT2D eigenvalue weighted by molar-refractivity contribution is 0.592. The van der Waals surface area contributed by atoms with Crippen LogP contribution in [0, 0.1) is 0 Å². The Bertz CT molecular complexity index is 3250. The predicted octanol–water partition coefficient (Wildman–Crippen LogP) is 12.6. The van der Waals surface area contributed by atoms with E-state index in [0.29, 0.717) is 0 Å². The van der Waals surface area contributed by atoms with E-state index in [9.17, 15) is 0 Å². The van der Waals surface area contributed by atoms with Crippen LogP contribution in [0.1, 0.15) is 0 Å².